The Morgan fingerprint density at radius 3 is 2.00 bits per heavy atom. The Labute approximate surface area is 147 Å². The maximum atomic E-state index is 5.79. The third-order valence-corrected chi connectivity index (χ3v) is 4.03. The first-order valence-electron chi connectivity index (χ1n) is 8.54. The van der Waals surface area contributed by atoms with E-state index in [1.807, 2.05) is 24.3 Å². The number of likely N-dealkylation sites (N-methyl/N-ethyl adjacent to an activating group) is 1. The van der Waals surface area contributed by atoms with Gasteiger partial charge in [-0.1, -0.05) is 6.92 Å². The molecule has 0 bridgehead atoms. The molecule has 0 radical (unpaired) electrons. The standard InChI is InChI=1S/C18H30N2O2.ClH/c1-3-15-21-17-6-8-18(9-7-17)22-16-5-4-10-20-13-11-19(2)12-14-20;/h6-9H,3-5,10-16H2,1-2H3;1H. The second-order valence-electron chi connectivity index (χ2n) is 6.02. The summed E-state index contributed by atoms with van der Waals surface area (Å²) in [6.07, 6.45) is 3.35. The lowest BCUT2D eigenvalue weighted by Gasteiger charge is -2.32. The van der Waals surface area contributed by atoms with Gasteiger partial charge in [0.15, 0.2) is 0 Å². The van der Waals surface area contributed by atoms with Gasteiger partial charge in [0, 0.05) is 26.2 Å². The molecule has 0 spiro atoms. The van der Waals surface area contributed by atoms with Crippen molar-refractivity contribution in [2.75, 3.05) is 53.0 Å². The number of halogens is 1. The monoisotopic (exact) mass is 342 g/mol. The maximum Gasteiger partial charge on any atom is 0.119 e. The van der Waals surface area contributed by atoms with Gasteiger partial charge in [0.05, 0.1) is 13.2 Å². The van der Waals surface area contributed by atoms with Gasteiger partial charge in [0.2, 0.25) is 0 Å². The van der Waals surface area contributed by atoms with Crippen molar-refractivity contribution in [3.05, 3.63) is 24.3 Å². The summed E-state index contributed by atoms with van der Waals surface area (Å²) in [5.74, 6) is 1.85. The number of hydrogen-bond donors (Lipinski definition) is 0. The van der Waals surface area contributed by atoms with Gasteiger partial charge in [0.1, 0.15) is 11.5 Å². The molecule has 1 aliphatic heterocycles. The molecular formula is C18H31ClN2O2. The molecule has 1 aromatic carbocycles. The highest BCUT2D eigenvalue weighted by Gasteiger charge is 2.12. The minimum Gasteiger partial charge on any atom is -0.494 e. The third kappa shape index (κ3) is 7.91. The Morgan fingerprint density at radius 2 is 1.43 bits per heavy atom. The Bertz CT molecular complexity index is 406. The molecule has 1 fully saturated rings. The molecule has 2 rings (SSSR count). The lowest BCUT2D eigenvalue weighted by molar-refractivity contribution is 0.150. The van der Waals surface area contributed by atoms with Crippen molar-refractivity contribution < 1.29 is 9.47 Å². The average molecular weight is 343 g/mol. The molecule has 5 heteroatoms. The van der Waals surface area contributed by atoms with Gasteiger partial charge in [-0.3, -0.25) is 0 Å². The fourth-order valence-electron chi connectivity index (χ4n) is 2.55. The molecule has 0 atom stereocenters. The molecule has 0 N–H and O–H groups in total. The van der Waals surface area contributed by atoms with Crippen LogP contribution in [-0.2, 0) is 0 Å². The van der Waals surface area contributed by atoms with Gasteiger partial charge in [-0.05, 0) is 57.1 Å². The van der Waals surface area contributed by atoms with E-state index in [2.05, 4.69) is 23.8 Å². The van der Waals surface area contributed by atoms with Crippen LogP contribution in [0.5, 0.6) is 11.5 Å². The van der Waals surface area contributed by atoms with Crippen molar-refractivity contribution in [3.63, 3.8) is 0 Å². The highest BCUT2D eigenvalue weighted by Crippen LogP contribution is 2.18. The normalized spacial score (nSPS) is 15.9. The van der Waals surface area contributed by atoms with Crippen molar-refractivity contribution in [1.82, 2.24) is 9.80 Å². The van der Waals surface area contributed by atoms with E-state index in [0.717, 1.165) is 37.6 Å². The topological polar surface area (TPSA) is 24.9 Å². The zero-order valence-corrected chi connectivity index (χ0v) is 15.3. The highest BCUT2D eigenvalue weighted by molar-refractivity contribution is 5.85. The van der Waals surface area contributed by atoms with Crippen LogP contribution in [0.25, 0.3) is 0 Å². The van der Waals surface area contributed by atoms with Crippen molar-refractivity contribution in [1.29, 1.82) is 0 Å². The summed E-state index contributed by atoms with van der Waals surface area (Å²) in [7, 11) is 2.20. The zero-order chi connectivity index (χ0) is 15.6. The molecule has 132 valence electrons. The lowest BCUT2D eigenvalue weighted by Crippen LogP contribution is -2.44. The highest BCUT2D eigenvalue weighted by atomic mass is 35.5. The number of benzene rings is 1. The smallest absolute Gasteiger partial charge is 0.119 e. The van der Waals surface area contributed by atoms with E-state index in [1.165, 1.54) is 39.1 Å². The molecule has 1 saturated heterocycles. The lowest BCUT2D eigenvalue weighted by atomic mass is 10.2. The number of ether oxygens (including phenoxy) is 2. The van der Waals surface area contributed by atoms with E-state index in [9.17, 15) is 0 Å². The van der Waals surface area contributed by atoms with Crippen LogP contribution in [0.4, 0.5) is 0 Å². The summed E-state index contributed by atoms with van der Waals surface area (Å²) in [5.41, 5.74) is 0. The van der Waals surface area contributed by atoms with E-state index in [0.29, 0.717) is 0 Å². The summed E-state index contributed by atoms with van der Waals surface area (Å²) < 4.78 is 11.4. The predicted molar refractivity (Wildman–Crippen MR) is 98.1 cm³/mol. The molecule has 1 heterocycles. The number of piperazine rings is 1. The van der Waals surface area contributed by atoms with Crippen LogP contribution in [0.1, 0.15) is 26.2 Å². The maximum absolute atomic E-state index is 5.79. The summed E-state index contributed by atoms with van der Waals surface area (Å²) in [4.78, 5) is 4.95. The Hall–Kier alpha value is -0.970. The van der Waals surface area contributed by atoms with Crippen LogP contribution in [0, 0.1) is 0 Å². The molecule has 4 nitrogen and oxygen atoms in total. The van der Waals surface area contributed by atoms with E-state index in [4.69, 9.17) is 9.47 Å². The Morgan fingerprint density at radius 1 is 0.870 bits per heavy atom. The van der Waals surface area contributed by atoms with Gasteiger partial charge in [-0.25, -0.2) is 0 Å². The molecule has 1 aromatic rings. The van der Waals surface area contributed by atoms with Crippen LogP contribution in [0.2, 0.25) is 0 Å². The number of unbranched alkanes of at least 4 members (excludes halogenated alkanes) is 1. The fraction of sp³-hybridized carbons (Fsp3) is 0.667. The first-order chi connectivity index (χ1) is 10.8. The van der Waals surface area contributed by atoms with Crippen molar-refractivity contribution in [3.8, 4) is 11.5 Å². The van der Waals surface area contributed by atoms with Gasteiger partial charge in [-0.2, -0.15) is 0 Å². The fourth-order valence-corrected chi connectivity index (χ4v) is 2.55. The summed E-state index contributed by atoms with van der Waals surface area (Å²) in [5, 5.41) is 0. The minimum absolute atomic E-state index is 0. The number of nitrogens with zero attached hydrogens (tertiary/aromatic N) is 2. The number of hydrogen-bond acceptors (Lipinski definition) is 4. The first-order valence-corrected chi connectivity index (χ1v) is 8.54. The molecule has 0 unspecified atom stereocenters. The summed E-state index contributed by atoms with van der Waals surface area (Å²) >= 11 is 0. The average Bonchev–Trinajstić information content (AvgIpc) is 2.55. The third-order valence-electron chi connectivity index (χ3n) is 4.03. The first kappa shape index (κ1) is 20.1. The van der Waals surface area contributed by atoms with Crippen LogP contribution >= 0.6 is 12.4 Å². The zero-order valence-electron chi connectivity index (χ0n) is 14.5. The van der Waals surface area contributed by atoms with Crippen LogP contribution in [-0.4, -0.2) is 62.8 Å². The quantitative estimate of drug-likeness (QED) is 0.643. The van der Waals surface area contributed by atoms with Gasteiger partial charge in [0.25, 0.3) is 0 Å². The van der Waals surface area contributed by atoms with Gasteiger partial charge < -0.3 is 19.3 Å². The van der Waals surface area contributed by atoms with E-state index in [-0.39, 0.29) is 12.4 Å². The van der Waals surface area contributed by atoms with Crippen molar-refractivity contribution >= 4 is 12.4 Å². The number of rotatable bonds is 9. The molecule has 1 aliphatic rings. The molecular weight excluding hydrogens is 312 g/mol. The SMILES string of the molecule is CCCOc1ccc(OCCCCN2CCN(C)CC2)cc1.Cl. The van der Waals surface area contributed by atoms with E-state index < -0.39 is 0 Å². The van der Waals surface area contributed by atoms with Crippen molar-refractivity contribution in [2.24, 2.45) is 0 Å². The van der Waals surface area contributed by atoms with E-state index >= 15 is 0 Å². The summed E-state index contributed by atoms with van der Waals surface area (Å²) in [6.45, 7) is 9.68. The van der Waals surface area contributed by atoms with Crippen LogP contribution in [0.3, 0.4) is 0 Å². The largest absolute Gasteiger partial charge is 0.494 e. The van der Waals surface area contributed by atoms with Gasteiger partial charge >= 0.3 is 0 Å². The van der Waals surface area contributed by atoms with Crippen molar-refractivity contribution in [2.45, 2.75) is 26.2 Å². The summed E-state index contributed by atoms with van der Waals surface area (Å²) in [6, 6.07) is 7.95. The molecule has 0 aromatic heterocycles. The molecule has 0 amide bonds. The second-order valence-corrected chi connectivity index (χ2v) is 6.02. The molecule has 0 saturated carbocycles. The van der Waals surface area contributed by atoms with Crippen LogP contribution < -0.4 is 9.47 Å². The van der Waals surface area contributed by atoms with E-state index in [1.54, 1.807) is 0 Å². The predicted octanol–water partition coefficient (Wildman–Crippen LogP) is 3.30. The Kier molecular flexibility index (Phi) is 10.1. The molecule has 0 aliphatic carbocycles. The minimum atomic E-state index is 0. The second kappa shape index (κ2) is 11.5. The Balaban J connectivity index is 0.00000264. The van der Waals surface area contributed by atoms with Gasteiger partial charge in [-0.15, -0.1) is 12.4 Å². The van der Waals surface area contributed by atoms with Crippen LogP contribution in [0.15, 0.2) is 24.3 Å². The molecule has 23 heavy (non-hydrogen) atoms.